The first-order valence-corrected chi connectivity index (χ1v) is 5.33. The Hall–Kier alpha value is -1.38. The van der Waals surface area contributed by atoms with Gasteiger partial charge in [-0.1, -0.05) is 13.0 Å². The number of nitrogens with zero attached hydrogens (tertiary/aromatic N) is 1. The van der Waals surface area contributed by atoms with Crippen molar-refractivity contribution in [2.45, 2.75) is 26.7 Å². The van der Waals surface area contributed by atoms with Gasteiger partial charge >= 0.3 is 5.97 Å². The van der Waals surface area contributed by atoms with Crippen molar-refractivity contribution in [2.24, 2.45) is 5.92 Å². The van der Waals surface area contributed by atoms with Crippen molar-refractivity contribution in [3.63, 3.8) is 0 Å². The van der Waals surface area contributed by atoms with Crippen molar-refractivity contribution in [3.8, 4) is 0 Å². The minimum atomic E-state index is -0.108. The zero-order valence-electron chi connectivity index (χ0n) is 9.27. The standard InChI is InChI=1S/C12H17NO2/c1-3-11(12(14)15-4-2)8-10-6-5-7-13-9-10/h5-7,9,11H,3-4,8H2,1-2H3. The van der Waals surface area contributed by atoms with Crippen LogP contribution in [0.2, 0.25) is 0 Å². The number of pyridine rings is 1. The summed E-state index contributed by atoms with van der Waals surface area (Å²) < 4.78 is 5.01. The highest BCUT2D eigenvalue weighted by atomic mass is 16.5. The molecule has 3 heteroatoms. The second-order valence-corrected chi connectivity index (χ2v) is 3.42. The van der Waals surface area contributed by atoms with Crippen LogP contribution in [0.5, 0.6) is 0 Å². The molecule has 0 bridgehead atoms. The maximum absolute atomic E-state index is 11.5. The maximum Gasteiger partial charge on any atom is 0.309 e. The number of ether oxygens (including phenoxy) is 1. The molecule has 0 aliphatic carbocycles. The minimum Gasteiger partial charge on any atom is -0.466 e. The van der Waals surface area contributed by atoms with E-state index in [1.54, 1.807) is 12.4 Å². The number of rotatable bonds is 5. The lowest BCUT2D eigenvalue weighted by Crippen LogP contribution is -2.19. The summed E-state index contributed by atoms with van der Waals surface area (Å²) >= 11 is 0. The van der Waals surface area contributed by atoms with Crippen LogP contribution in [0.15, 0.2) is 24.5 Å². The van der Waals surface area contributed by atoms with Crippen LogP contribution in [0.1, 0.15) is 25.8 Å². The monoisotopic (exact) mass is 207 g/mol. The van der Waals surface area contributed by atoms with Gasteiger partial charge in [0, 0.05) is 12.4 Å². The SMILES string of the molecule is CCOC(=O)C(CC)Cc1cccnc1. The lowest BCUT2D eigenvalue weighted by atomic mass is 9.98. The molecule has 0 amide bonds. The third-order valence-electron chi connectivity index (χ3n) is 2.32. The van der Waals surface area contributed by atoms with Crippen LogP contribution in [0.25, 0.3) is 0 Å². The number of hydrogen-bond donors (Lipinski definition) is 0. The van der Waals surface area contributed by atoms with E-state index in [-0.39, 0.29) is 11.9 Å². The van der Waals surface area contributed by atoms with Gasteiger partial charge < -0.3 is 4.74 Å². The summed E-state index contributed by atoms with van der Waals surface area (Å²) in [6.45, 7) is 4.27. The second kappa shape index (κ2) is 6.17. The van der Waals surface area contributed by atoms with Crippen LogP contribution < -0.4 is 0 Å². The third-order valence-corrected chi connectivity index (χ3v) is 2.32. The minimum absolute atomic E-state index is 0.0471. The first-order chi connectivity index (χ1) is 7.27. The Balaban J connectivity index is 2.58. The number of hydrogen-bond acceptors (Lipinski definition) is 3. The van der Waals surface area contributed by atoms with Crippen LogP contribution in [-0.2, 0) is 16.0 Å². The second-order valence-electron chi connectivity index (χ2n) is 3.42. The Morgan fingerprint density at radius 1 is 1.53 bits per heavy atom. The van der Waals surface area contributed by atoms with E-state index in [4.69, 9.17) is 4.74 Å². The fourth-order valence-corrected chi connectivity index (χ4v) is 1.46. The van der Waals surface area contributed by atoms with Gasteiger partial charge in [0.1, 0.15) is 0 Å². The predicted octanol–water partition coefficient (Wildman–Crippen LogP) is 2.21. The summed E-state index contributed by atoms with van der Waals surface area (Å²) in [6, 6.07) is 3.86. The molecule has 3 nitrogen and oxygen atoms in total. The Labute approximate surface area is 90.5 Å². The van der Waals surface area contributed by atoms with Gasteiger partial charge in [0.25, 0.3) is 0 Å². The Kier molecular flexibility index (Phi) is 4.81. The van der Waals surface area contributed by atoms with E-state index >= 15 is 0 Å². The molecule has 0 spiro atoms. The highest BCUT2D eigenvalue weighted by Crippen LogP contribution is 2.12. The molecular weight excluding hydrogens is 190 g/mol. The zero-order valence-corrected chi connectivity index (χ0v) is 9.27. The molecule has 1 atom stereocenters. The highest BCUT2D eigenvalue weighted by Gasteiger charge is 2.17. The quantitative estimate of drug-likeness (QED) is 0.695. The van der Waals surface area contributed by atoms with Gasteiger partial charge in [0.05, 0.1) is 12.5 Å². The molecule has 0 fully saturated rings. The topological polar surface area (TPSA) is 39.2 Å². The van der Waals surface area contributed by atoms with Gasteiger partial charge in [-0.05, 0) is 31.4 Å². The number of carbonyl (C=O) groups is 1. The van der Waals surface area contributed by atoms with Crippen molar-refractivity contribution >= 4 is 5.97 Å². The maximum atomic E-state index is 11.5. The first kappa shape index (κ1) is 11.7. The van der Waals surface area contributed by atoms with Crippen molar-refractivity contribution in [3.05, 3.63) is 30.1 Å². The largest absolute Gasteiger partial charge is 0.466 e. The van der Waals surface area contributed by atoms with Gasteiger partial charge in [-0.25, -0.2) is 0 Å². The van der Waals surface area contributed by atoms with Gasteiger partial charge in [0.15, 0.2) is 0 Å². The number of esters is 1. The molecule has 1 heterocycles. The number of carbonyl (C=O) groups excluding carboxylic acids is 1. The van der Waals surface area contributed by atoms with E-state index in [9.17, 15) is 4.79 Å². The normalized spacial score (nSPS) is 12.1. The Morgan fingerprint density at radius 3 is 2.87 bits per heavy atom. The molecule has 0 saturated heterocycles. The molecule has 0 aliphatic heterocycles. The van der Waals surface area contributed by atoms with Crippen LogP contribution >= 0.6 is 0 Å². The van der Waals surface area contributed by atoms with E-state index in [0.717, 1.165) is 12.0 Å². The third kappa shape index (κ3) is 3.70. The van der Waals surface area contributed by atoms with Gasteiger partial charge in [0.2, 0.25) is 0 Å². The molecular formula is C12H17NO2. The average molecular weight is 207 g/mol. The molecule has 0 aromatic carbocycles. The summed E-state index contributed by atoms with van der Waals surface area (Å²) in [4.78, 5) is 15.6. The van der Waals surface area contributed by atoms with Gasteiger partial charge in [-0.15, -0.1) is 0 Å². The Morgan fingerprint density at radius 2 is 2.33 bits per heavy atom. The van der Waals surface area contributed by atoms with Crippen molar-refractivity contribution < 1.29 is 9.53 Å². The Bertz CT molecular complexity index is 298. The average Bonchev–Trinajstić information content (AvgIpc) is 2.27. The van der Waals surface area contributed by atoms with Gasteiger partial charge in [-0.3, -0.25) is 9.78 Å². The van der Waals surface area contributed by atoms with Crippen LogP contribution in [-0.4, -0.2) is 17.6 Å². The first-order valence-electron chi connectivity index (χ1n) is 5.33. The van der Waals surface area contributed by atoms with E-state index < -0.39 is 0 Å². The van der Waals surface area contributed by atoms with Crippen LogP contribution in [0.4, 0.5) is 0 Å². The molecule has 0 saturated carbocycles. The number of aromatic nitrogens is 1. The summed E-state index contributed by atoms with van der Waals surface area (Å²) in [5, 5.41) is 0. The smallest absolute Gasteiger partial charge is 0.309 e. The van der Waals surface area contributed by atoms with Crippen molar-refractivity contribution in [1.82, 2.24) is 4.98 Å². The highest BCUT2D eigenvalue weighted by molar-refractivity contribution is 5.72. The fraction of sp³-hybridized carbons (Fsp3) is 0.500. The van der Waals surface area contributed by atoms with Gasteiger partial charge in [-0.2, -0.15) is 0 Å². The molecule has 0 aliphatic rings. The van der Waals surface area contributed by atoms with Crippen LogP contribution in [0, 0.1) is 5.92 Å². The van der Waals surface area contributed by atoms with E-state index in [1.165, 1.54) is 0 Å². The molecule has 0 radical (unpaired) electrons. The predicted molar refractivity (Wildman–Crippen MR) is 58.4 cm³/mol. The molecule has 1 aromatic heterocycles. The summed E-state index contributed by atoms with van der Waals surface area (Å²) in [5.41, 5.74) is 1.08. The molecule has 0 N–H and O–H groups in total. The molecule has 15 heavy (non-hydrogen) atoms. The summed E-state index contributed by atoms with van der Waals surface area (Å²) in [5.74, 6) is -0.155. The van der Waals surface area contributed by atoms with Crippen molar-refractivity contribution in [1.29, 1.82) is 0 Å². The lowest BCUT2D eigenvalue weighted by Gasteiger charge is -2.12. The summed E-state index contributed by atoms with van der Waals surface area (Å²) in [7, 11) is 0. The lowest BCUT2D eigenvalue weighted by molar-refractivity contribution is -0.148. The van der Waals surface area contributed by atoms with E-state index in [2.05, 4.69) is 4.98 Å². The molecule has 82 valence electrons. The van der Waals surface area contributed by atoms with Crippen molar-refractivity contribution in [2.75, 3.05) is 6.61 Å². The van der Waals surface area contributed by atoms with Crippen LogP contribution in [0.3, 0.4) is 0 Å². The van der Waals surface area contributed by atoms with E-state index in [1.807, 2.05) is 26.0 Å². The molecule has 1 rings (SSSR count). The molecule has 1 unspecified atom stereocenters. The summed E-state index contributed by atoms with van der Waals surface area (Å²) in [6.07, 6.45) is 5.04. The zero-order chi connectivity index (χ0) is 11.1. The van der Waals surface area contributed by atoms with E-state index in [0.29, 0.717) is 13.0 Å². The molecule has 1 aromatic rings. The fourth-order valence-electron chi connectivity index (χ4n) is 1.46.